The average Bonchev–Trinajstić information content (AvgIpc) is 2.42. The molecule has 3 heteroatoms. The predicted octanol–water partition coefficient (Wildman–Crippen LogP) is 1.02. The van der Waals surface area contributed by atoms with Crippen molar-refractivity contribution in [1.29, 1.82) is 0 Å². The summed E-state index contributed by atoms with van der Waals surface area (Å²) in [6.07, 6.45) is 2.27. The number of rotatable bonds is 1. The molecule has 1 aliphatic rings. The molecule has 0 saturated carbocycles. The highest BCUT2D eigenvalue weighted by Crippen LogP contribution is 2.21. The highest BCUT2D eigenvalue weighted by molar-refractivity contribution is 5.15. The minimum absolute atomic E-state index is 0.647. The fourth-order valence-corrected chi connectivity index (χ4v) is 2.05. The van der Waals surface area contributed by atoms with Gasteiger partial charge in [0.15, 0.2) is 0 Å². The van der Waals surface area contributed by atoms with Gasteiger partial charge in [-0.15, -0.1) is 0 Å². The van der Waals surface area contributed by atoms with E-state index in [-0.39, 0.29) is 0 Å². The van der Waals surface area contributed by atoms with Crippen molar-refractivity contribution in [3.63, 3.8) is 0 Å². The van der Waals surface area contributed by atoms with Gasteiger partial charge < -0.3 is 10.3 Å². The van der Waals surface area contributed by atoms with Crippen LogP contribution >= 0.6 is 0 Å². The van der Waals surface area contributed by atoms with E-state index in [0.29, 0.717) is 5.92 Å². The molecule has 72 valence electrons. The molecule has 0 aromatic carbocycles. The molecule has 0 bridgehead atoms. The lowest BCUT2D eigenvalue weighted by molar-refractivity contribution is 0.386. The van der Waals surface area contributed by atoms with E-state index < -0.39 is 0 Å². The third-order valence-corrected chi connectivity index (χ3v) is 3.10. The number of imidazole rings is 1. The summed E-state index contributed by atoms with van der Waals surface area (Å²) >= 11 is 0. The lowest BCUT2D eigenvalue weighted by atomic mass is 9.98. The van der Waals surface area contributed by atoms with Crippen LogP contribution in [-0.2, 0) is 13.0 Å². The highest BCUT2D eigenvalue weighted by atomic mass is 15.1. The Morgan fingerprint density at radius 1 is 1.54 bits per heavy atom. The number of aryl methyl sites for hydroxylation is 1. The first-order valence-corrected chi connectivity index (χ1v) is 4.95. The molecule has 2 heterocycles. The minimum Gasteiger partial charge on any atom is -0.332 e. The molecule has 1 aromatic heterocycles. The molecule has 1 atom stereocenters. The number of fused-ring (bicyclic) bond motifs is 1. The molecule has 13 heavy (non-hydrogen) atoms. The van der Waals surface area contributed by atoms with E-state index in [4.69, 9.17) is 5.73 Å². The second-order valence-corrected chi connectivity index (χ2v) is 3.95. The number of nitrogens with zero attached hydrogens (tertiary/aromatic N) is 2. The number of aromatic nitrogens is 2. The third-order valence-electron chi connectivity index (χ3n) is 3.10. The number of hydrogen-bond donors (Lipinski definition) is 1. The van der Waals surface area contributed by atoms with Crippen LogP contribution in [0.25, 0.3) is 0 Å². The van der Waals surface area contributed by atoms with Crippen LogP contribution in [0, 0.1) is 19.8 Å². The zero-order valence-corrected chi connectivity index (χ0v) is 8.38. The van der Waals surface area contributed by atoms with Crippen molar-refractivity contribution in [2.24, 2.45) is 11.7 Å². The second-order valence-electron chi connectivity index (χ2n) is 3.95. The monoisotopic (exact) mass is 179 g/mol. The summed E-state index contributed by atoms with van der Waals surface area (Å²) in [5, 5.41) is 0. The van der Waals surface area contributed by atoms with Gasteiger partial charge >= 0.3 is 0 Å². The van der Waals surface area contributed by atoms with Crippen molar-refractivity contribution in [3.05, 3.63) is 17.2 Å². The van der Waals surface area contributed by atoms with Crippen LogP contribution in [0.1, 0.15) is 23.6 Å². The van der Waals surface area contributed by atoms with Gasteiger partial charge in [0.05, 0.1) is 5.69 Å². The normalized spacial score (nSPS) is 21.6. The van der Waals surface area contributed by atoms with Crippen molar-refractivity contribution in [2.75, 3.05) is 6.54 Å². The molecule has 2 rings (SSSR count). The first-order valence-electron chi connectivity index (χ1n) is 4.95. The Morgan fingerprint density at radius 3 is 3.00 bits per heavy atom. The maximum absolute atomic E-state index is 5.67. The fraction of sp³-hybridized carbons (Fsp3) is 0.700. The van der Waals surface area contributed by atoms with Gasteiger partial charge in [-0.25, -0.2) is 4.98 Å². The molecule has 1 aromatic rings. The standard InChI is InChI=1S/C10H17N3/c1-7-8(2)13-4-3-9(6-11)5-10(13)12-7/h9H,3-6,11H2,1-2H3. The van der Waals surface area contributed by atoms with E-state index in [9.17, 15) is 0 Å². The van der Waals surface area contributed by atoms with Gasteiger partial charge in [-0.05, 0) is 32.7 Å². The Labute approximate surface area is 79.0 Å². The minimum atomic E-state index is 0.647. The molecule has 3 nitrogen and oxygen atoms in total. The summed E-state index contributed by atoms with van der Waals surface area (Å²) in [6, 6.07) is 0. The zero-order valence-electron chi connectivity index (χ0n) is 8.38. The Bertz CT molecular complexity index is 314. The van der Waals surface area contributed by atoms with Crippen LogP contribution in [0.5, 0.6) is 0 Å². The summed E-state index contributed by atoms with van der Waals surface area (Å²) in [5.74, 6) is 1.88. The molecular formula is C10H17N3. The van der Waals surface area contributed by atoms with Gasteiger partial charge in [-0.2, -0.15) is 0 Å². The van der Waals surface area contributed by atoms with Crippen LogP contribution < -0.4 is 5.73 Å². The van der Waals surface area contributed by atoms with E-state index in [1.54, 1.807) is 0 Å². The van der Waals surface area contributed by atoms with Crippen molar-refractivity contribution in [3.8, 4) is 0 Å². The van der Waals surface area contributed by atoms with Crippen LogP contribution in [0.4, 0.5) is 0 Å². The molecule has 0 amide bonds. The van der Waals surface area contributed by atoms with E-state index in [0.717, 1.165) is 19.5 Å². The molecule has 0 spiro atoms. The fourth-order valence-electron chi connectivity index (χ4n) is 2.05. The molecule has 0 radical (unpaired) electrons. The maximum atomic E-state index is 5.67. The molecule has 1 unspecified atom stereocenters. The molecule has 2 N–H and O–H groups in total. The molecule has 0 aliphatic carbocycles. The van der Waals surface area contributed by atoms with Gasteiger partial charge in [-0.3, -0.25) is 0 Å². The number of hydrogen-bond acceptors (Lipinski definition) is 2. The van der Waals surface area contributed by atoms with Gasteiger partial charge in [-0.1, -0.05) is 0 Å². The Morgan fingerprint density at radius 2 is 2.31 bits per heavy atom. The van der Waals surface area contributed by atoms with Crippen LogP contribution in [0.2, 0.25) is 0 Å². The largest absolute Gasteiger partial charge is 0.332 e. The van der Waals surface area contributed by atoms with Gasteiger partial charge in [0.1, 0.15) is 5.82 Å². The van der Waals surface area contributed by atoms with Crippen LogP contribution in [0.3, 0.4) is 0 Å². The van der Waals surface area contributed by atoms with E-state index in [1.165, 1.54) is 23.6 Å². The summed E-state index contributed by atoms with van der Waals surface area (Å²) < 4.78 is 2.33. The molecule has 0 saturated heterocycles. The maximum Gasteiger partial charge on any atom is 0.109 e. The van der Waals surface area contributed by atoms with Crippen LogP contribution in [0.15, 0.2) is 0 Å². The van der Waals surface area contributed by atoms with E-state index >= 15 is 0 Å². The summed E-state index contributed by atoms with van der Waals surface area (Å²) in [4.78, 5) is 4.56. The molecular weight excluding hydrogens is 162 g/mol. The second kappa shape index (κ2) is 3.14. The van der Waals surface area contributed by atoms with Gasteiger partial charge in [0, 0.05) is 18.7 Å². The summed E-state index contributed by atoms with van der Waals surface area (Å²) in [6.45, 7) is 6.13. The average molecular weight is 179 g/mol. The lowest BCUT2D eigenvalue weighted by Gasteiger charge is -2.22. The SMILES string of the molecule is Cc1nc2n(c1C)CCC(CN)C2. The van der Waals surface area contributed by atoms with Gasteiger partial charge in [0.2, 0.25) is 0 Å². The topological polar surface area (TPSA) is 43.8 Å². The van der Waals surface area contributed by atoms with E-state index in [1.807, 2.05) is 0 Å². The van der Waals surface area contributed by atoms with Crippen molar-refractivity contribution < 1.29 is 0 Å². The van der Waals surface area contributed by atoms with Crippen molar-refractivity contribution in [2.45, 2.75) is 33.2 Å². The summed E-state index contributed by atoms with van der Waals surface area (Å²) in [7, 11) is 0. The van der Waals surface area contributed by atoms with Crippen molar-refractivity contribution >= 4 is 0 Å². The Hall–Kier alpha value is -0.830. The quantitative estimate of drug-likeness (QED) is 0.699. The molecule has 1 aliphatic heterocycles. The summed E-state index contributed by atoms with van der Waals surface area (Å²) in [5.41, 5.74) is 8.17. The lowest BCUT2D eigenvalue weighted by Crippen LogP contribution is -2.25. The Balaban J connectivity index is 2.31. The smallest absolute Gasteiger partial charge is 0.109 e. The zero-order chi connectivity index (χ0) is 9.42. The van der Waals surface area contributed by atoms with E-state index in [2.05, 4.69) is 23.4 Å². The third kappa shape index (κ3) is 1.37. The Kier molecular flexibility index (Phi) is 2.12. The first-order chi connectivity index (χ1) is 6.22. The predicted molar refractivity (Wildman–Crippen MR) is 52.6 cm³/mol. The van der Waals surface area contributed by atoms with Crippen LogP contribution in [-0.4, -0.2) is 16.1 Å². The first kappa shape index (κ1) is 8.75. The number of nitrogens with two attached hydrogens (primary N) is 1. The highest BCUT2D eigenvalue weighted by Gasteiger charge is 2.20. The van der Waals surface area contributed by atoms with Crippen molar-refractivity contribution in [1.82, 2.24) is 9.55 Å². The van der Waals surface area contributed by atoms with Gasteiger partial charge in [0.25, 0.3) is 0 Å². The molecule has 0 fully saturated rings.